The van der Waals surface area contributed by atoms with Gasteiger partial charge in [0.05, 0.1) is 13.2 Å². The number of morpholine rings is 1. The first-order valence-electron chi connectivity index (χ1n) is 9.38. The third kappa shape index (κ3) is 5.58. The number of rotatable bonds is 7. The SMILES string of the molecule is Cc1ccc(C(=O)N(CCCN2CCOCC2)Cc2ccncc2)cc1F. The molecular weight excluding hydrogens is 345 g/mol. The number of hydrogen-bond donors (Lipinski definition) is 0. The Labute approximate surface area is 159 Å². The highest BCUT2D eigenvalue weighted by Gasteiger charge is 2.18. The van der Waals surface area contributed by atoms with Gasteiger partial charge in [-0.1, -0.05) is 6.07 Å². The van der Waals surface area contributed by atoms with Crippen LogP contribution in [-0.2, 0) is 11.3 Å². The van der Waals surface area contributed by atoms with E-state index in [1.54, 1.807) is 36.4 Å². The summed E-state index contributed by atoms with van der Waals surface area (Å²) in [6, 6.07) is 8.48. The van der Waals surface area contributed by atoms with Crippen LogP contribution in [0.2, 0.25) is 0 Å². The number of aryl methyl sites for hydroxylation is 1. The fourth-order valence-corrected chi connectivity index (χ4v) is 3.18. The van der Waals surface area contributed by atoms with E-state index in [1.807, 2.05) is 12.1 Å². The highest BCUT2D eigenvalue weighted by atomic mass is 19.1. The Balaban J connectivity index is 1.68. The average Bonchev–Trinajstić information content (AvgIpc) is 2.70. The molecule has 0 radical (unpaired) electrons. The standard InChI is InChI=1S/C21H26FN3O2/c1-17-3-4-19(15-20(17)22)21(26)25(16-18-5-7-23-8-6-18)10-2-9-24-11-13-27-14-12-24/h3-8,15H,2,9-14,16H2,1H3. The van der Waals surface area contributed by atoms with E-state index in [9.17, 15) is 9.18 Å². The van der Waals surface area contributed by atoms with Gasteiger partial charge in [-0.05, 0) is 48.7 Å². The van der Waals surface area contributed by atoms with Gasteiger partial charge in [-0.15, -0.1) is 0 Å². The van der Waals surface area contributed by atoms with Gasteiger partial charge < -0.3 is 9.64 Å². The summed E-state index contributed by atoms with van der Waals surface area (Å²) in [5, 5.41) is 0. The minimum atomic E-state index is -0.349. The molecule has 0 bridgehead atoms. The van der Waals surface area contributed by atoms with Crippen LogP contribution in [-0.4, -0.2) is 60.1 Å². The molecule has 1 aliphatic rings. The van der Waals surface area contributed by atoms with Crippen LogP contribution in [0.25, 0.3) is 0 Å². The molecule has 27 heavy (non-hydrogen) atoms. The van der Waals surface area contributed by atoms with E-state index < -0.39 is 0 Å². The number of carbonyl (C=O) groups excluding carboxylic acids is 1. The average molecular weight is 371 g/mol. The summed E-state index contributed by atoms with van der Waals surface area (Å²) in [6.07, 6.45) is 4.31. The molecule has 1 amide bonds. The fourth-order valence-electron chi connectivity index (χ4n) is 3.18. The van der Waals surface area contributed by atoms with Crippen molar-refractivity contribution in [1.29, 1.82) is 0 Å². The molecule has 0 unspecified atom stereocenters. The Morgan fingerprint density at radius 1 is 1.22 bits per heavy atom. The Morgan fingerprint density at radius 3 is 2.67 bits per heavy atom. The summed E-state index contributed by atoms with van der Waals surface area (Å²) in [4.78, 5) is 21.2. The first-order chi connectivity index (χ1) is 13.1. The number of nitrogens with zero attached hydrogens (tertiary/aromatic N) is 3. The molecule has 6 heteroatoms. The Kier molecular flexibility index (Phi) is 6.90. The molecule has 0 N–H and O–H groups in total. The monoisotopic (exact) mass is 371 g/mol. The molecule has 1 saturated heterocycles. The third-order valence-electron chi connectivity index (χ3n) is 4.83. The van der Waals surface area contributed by atoms with Crippen LogP contribution in [0.3, 0.4) is 0 Å². The van der Waals surface area contributed by atoms with Crippen molar-refractivity contribution < 1.29 is 13.9 Å². The van der Waals surface area contributed by atoms with Gasteiger partial charge in [-0.3, -0.25) is 14.7 Å². The number of aromatic nitrogens is 1. The third-order valence-corrected chi connectivity index (χ3v) is 4.83. The first kappa shape index (κ1) is 19.5. The van der Waals surface area contributed by atoms with Gasteiger partial charge in [0, 0.05) is 50.7 Å². The molecule has 2 heterocycles. The predicted molar refractivity (Wildman–Crippen MR) is 102 cm³/mol. The molecule has 0 atom stereocenters. The highest BCUT2D eigenvalue weighted by molar-refractivity contribution is 5.94. The van der Waals surface area contributed by atoms with Crippen molar-refractivity contribution in [3.05, 3.63) is 65.2 Å². The van der Waals surface area contributed by atoms with Crippen LogP contribution in [0.5, 0.6) is 0 Å². The van der Waals surface area contributed by atoms with Crippen LogP contribution in [0, 0.1) is 12.7 Å². The van der Waals surface area contributed by atoms with Crippen LogP contribution < -0.4 is 0 Å². The quantitative estimate of drug-likeness (QED) is 0.751. The number of amides is 1. The zero-order valence-electron chi connectivity index (χ0n) is 15.7. The lowest BCUT2D eigenvalue weighted by Crippen LogP contribution is -2.39. The molecule has 1 fully saturated rings. The second-order valence-corrected chi connectivity index (χ2v) is 6.85. The number of hydrogen-bond acceptors (Lipinski definition) is 4. The lowest BCUT2D eigenvalue weighted by molar-refractivity contribution is 0.0355. The van der Waals surface area contributed by atoms with Crippen LogP contribution in [0.4, 0.5) is 4.39 Å². The van der Waals surface area contributed by atoms with Crippen molar-refractivity contribution in [3.63, 3.8) is 0 Å². The number of benzene rings is 1. The summed E-state index contributed by atoms with van der Waals surface area (Å²) < 4.78 is 19.3. The largest absolute Gasteiger partial charge is 0.379 e. The lowest BCUT2D eigenvalue weighted by atomic mass is 10.1. The van der Waals surface area contributed by atoms with Crippen molar-refractivity contribution in [2.45, 2.75) is 19.9 Å². The molecule has 1 aromatic heterocycles. The number of carbonyl (C=O) groups is 1. The Bertz CT molecular complexity index is 748. The van der Waals surface area contributed by atoms with Gasteiger partial charge >= 0.3 is 0 Å². The molecule has 5 nitrogen and oxygen atoms in total. The van der Waals surface area contributed by atoms with E-state index in [-0.39, 0.29) is 11.7 Å². The molecule has 0 saturated carbocycles. The molecule has 0 aliphatic carbocycles. The minimum absolute atomic E-state index is 0.146. The maximum Gasteiger partial charge on any atom is 0.254 e. The van der Waals surface area contributed by atoms with Crippen molar-refractivity contribution in [3.8, 4) is 0 Å². The molecule has 144 valence electrons. The number of ether oxygens (including phenoxy) is 1. The summed E-state index contributed by atoms with van der Waals surface area (Å²) in [7, 11) is 0. The normalized spacial score (nSPS) is 14.9. The topological polar surface area (TPSA) is 45.7 Å². The van der Waals surface area contributed by atoms with E-state index in [0.29, 0.717) is 24.2 Å². The van der Waals surface area contributed by atoms with Crippen molar-refractivity contribution >= 4 is 5.91 Å². The first-order valence-corrected chi connectivity index (χ1v) is 9.38. The summed E-state index contributed by atoms with van der Waals surface area (Å²) in [6.45, 7) is 7.12. The van der Waals surface area contributed by atoms with Crippen molar-refractivity contribution in [2.24, 2.45) is 0 Å². The molecule has 0 spiro atoms. The summed E-state index contributed by atoms with van der Waals surface area (Å²) in [5.41, 5.74) is 1.94. The smallest absolute Gasteiger partial charge is 0.254 e. The van der Waals surface area contributed by atoms with Gasteiger partial charge in [0.25, 0.3) is 5.91 Å². The Hall–Kier alpha value is -2.31. The highest BCUT2D eigenvalue weighted by Crippen LogP contribution is 2.14. The van der Waals surface area contributed by atoms with Gasteiger partial charge in [0.15, 0.2) is 0 Å². The van der Waals surface area contributed by atoms with Crippen molar-refractivity contribution in [2.75, 3.05) is 39.4 Å². The van der Waals surface area contributed by atoms with Crippen LogP contribution >= 0.6 is 0 Å². The zero-order chi connectivity index (χ0) is 19.1. The predicted octanol–water partition coefficient (Wildman–Crippen LogP) is 2.89. The number of pyridine rings is 1. The maximum absolute atomic E-state index is 13.9. The Morgan fingerprint density at radius 2 is 1.96 bits per heavy atom. The van der Waals surface area contributed by atoms with Crippen LogP contribution in [0.1, 0.15) is 27.9 Å². The molecule has 2 aromatic rings. The molecular formula is C21H26FN3O2. The zero-order valence-corrected chi connectivity index (χ0v) is 15.7. The van der Waals surface area contributed by atoms with E-state index in [2.05, 4.69) is 9.88 Å². The van der Waals surface area contributed by atoms with Crippen molar-refractivity contribution in [1.82, 2.24) is 14.8 Å². The van der Waals surface area contributed by atoms with E-state index in [4.69, 9.17) is 4.74 Å². The van der Waals surface area contributed by atoms with E-state index in [1.165, 1.54) is 6.07 Å². The lowest BCUT2D eigenvalue weighted by Gasteiger charge is -2.28. The van der Waals surface area contributed by atoms with Gasteiger partial charge in [0.1, 0.15) is 5.82 Å². The van der Waals surface area contributed by atoms with E-state index >= 15 is 0 Å². The fraction of sp³-hybridized carbons (Fsp3) is 0.429. The molecule has 3 rings (SSSR count). The second kappa shape index (κ2) is 9.58. The van der Waals surface area contributed by atoms with Gasteiger partial charge in [-0.25, -0.2) is 4.39 Å². The summed E-state index contributed by atoms with van der Waals surface area (Å²) in [5.74, 6) is -0.495. The van der Waals surface area contributed by atoms with E-state index in [0.717, 1.165) is 44.8 Å². The molecule has 1 aromatic carbocycles. The number of halogens is 1. The van der Waals surface area contributed by atoms with Crippen LogP contribution in [0.15, 0.2) is 42.7 Å². The maximum atomic E-state index is 13.9. The molecule has 1 aliphatic heterocycles. The van der Waals surface area contributed by atoms with Gasteiger partial charge in [0.2, 0.25) is 0 Å². The summed E-state index contributed by atoms with van der Waals surface area (Å²) >= 11 is 0. The van der Waals surface area contributed by atoms with Gasteiger partial charge in [-0.2, -0.15) is 0 Å². The minimum Gasteiger partial charge on any atom is -0.379 e. The second-order valence-electron chi connectivity index (χ2n) is 6.85.